The fourth-order valence-electron chi connectivity index (χ4n) is 2.46. The van der Waals surface area contributed by atoms with Gasteiger partial charge in [0.1, 0.15) is 10.8 Å². The summed E-state index contributed by atoms with van der Waals surface area (Å²) in [7, 11) is 1.31. The Bertz CT molecular complexity index is 1030. The third-order valence-electron chi connectivity index (χ3n) is 3.80. The van der Waals surface area contributed by atoms with Gasteiger partial charge in [-0.05, 0) is 24.3 Å². The number of nitrogens with zero attached hydrogens (tertiary/aromatic N) is 2. The largest absolute Gasteiger partial charge is 0.494 e. The van der Waals surface area contributed by atoms with Gasteiger partial charge in [0, 0.05) is 20.1 Å². The molecular formula is C19H19ClN6O2. The summed E-state index contributed by atoms with van der Waals surface area (Å²) in [4.78, 5) is 20.7. The van der Waals surface area contributed by atoms with E-state index in [0.717, 1.165) is 0 Å². The number of hydrogen-bond acceptors (Lipinski definition) is 7. The van der Waals surface area contributed by atoms with Gasteiger partial charge < -0.3 is 26.4 Å². The number of halogens is 1. The molecule has 0 aliphatic carbocycles. The molecule has 0 radical (unpaired) electrons. The Hall–Kier alpha value is -3.52. The Morgan fingerprint density at radius 2 is 2.04 bits per heavy atom. The number of ether oxygens (including phenoxy) is 1. The van der Waals surface area contributed by atoms with Crippen LogP contribution in [0.4, 0.5) is 28.8 Å². The van der Waals surface area contributed by atoms with Crippen molar-refractivity contribution in [2.45, 2.75) is 0 Å². The van der Waals surface area contributed by atoms with E-state index in [1.165, 1.54) is 13.3 Å². The van der Waals surface area contributed by atoms with Crippen LogP contribution in [0.1, 0.15) is 11.7 Å². The molecule has 0 aliphatic heterocycles. The average molecular weight is 400 g/mol. The highest BCUT2D eigenvalue weighted by molar-refractivity contribution is 6.33. The summed E-state index contributed by atoms with van der Waals surface area (Å²) in [6, 6.07) is 12.0. The number of carbonyl (C=O) groups is 1. The number of hydrogen-bond donors (Lipinski definition) is 4. The Labute approximate surface area is 168 Å². The van der Waals surface area contributed by atoms with Gasteiger partial charge in [-0.15, -0.1) is 0 Å². The van der Waals surface area contributed by atoms with Crippen molar-refractivity contribution in [1.82, 2.24) is 15.3 Å². The second-order valence-electron chi connectivity index (χ2n) is 5.65. The highest BCUT2D eigenvalue weighted by atomic mass is 35.5. The SMILES string of the molecule is [2H]CNC(=O)c1ccccc1Nc1nc(Nc2ccc(N)cc2OC)ncc1Cl. The molecule has 5 N–H and O–H groups in total. The minimum absolute atomic E-state index is 0.223. The van der Waals surface area contributed by atoms with Gasteiger partial charge >= 0.3 is 0 Å². The van der Waals surface area contributed by atoms with Gasteiger partial charge in [0.2, 0.25) is 5.95 Å². The number of nitrogens with two attached hydrogens (primary N) is 1. The Kier molecular flexibility index (Phi) is 5.39. The second-order valence-corrected chi connectivity index (χ2v) is 6.06. The summed E-state index contributed by atoms with van der Waals surface area (Å²) >= 11 is 6.23. The maximum atomic E-state index is 12.2. The van der Waals surface area contributed by atoms with Gasteiger partial charge in [-0.1, -0.05) is 23.7 Å². The monoisotopic (exact) mass is 399 g/mol. The lowest BCUT2D eigenvalue weighted by atomic mass is 10.1. The van der Waals surface area contributed by atoms with Crippen molar-refractivity contribution >= 4 is 46.3 Å². The molecule has 1 aromatic heterocycles. The average Bonchev–Trinajstić information content (AvgIpc) is 2.72. The zero-order chi connectivity index (χ0) is 20.8. The molecule has 28 heavy (non-hydrogen) atoms. The maximum absolute atomic E-state index is 12.2. The van der Waals surface area contributed by atoms with E-state index in [0.29, 0.717) is 34.2 Å². The maximum Gasteiger partial charge on any atom is 0.253 e. The smallest absolute Gasteiger partial charge is 0.253 e. The Morgan fingerprint density at radius 1 is 1.21 bits per heavy atom. The molecule has 0 fully saturated rings. The number of benzene rings is 2. The van der Waals surface area contributed by atoms with E-state index >= 15 is 0 Å². The van der Waals surface area contributed by atoms with Crippen LogP contribution in [-0.4, -0.2) is 30.0 Å². The molecule has 0 atom stereocenters. The van der Waals surface area contributed by atoms with E-state index < -0.39 is 0 Å². The number of nitrogen functional groups attached to an aromatic ring is 1. The number of anilines is 5. The van der Waals surface area contributed by atoms with Crippen LogP contribution < -0.4 is 26.4 Å². The lowest BCUT2D eigenvalue weighted by molar-refractivity contribution is 0.0964. The number of para-hydroxylation sites is 1. The third kappa shape index (κ3) is 4.24. The summed E-state index contributed by atoms with van der Waals surface area (Å²) in [6.07, 6.45) is 1.44. The van der Waals surface area contributed by atoms with E-state index in [1.807, 2.05) is 0 Å². The van der Waals surface area contributed by atoms with Gasteiger partial charge in [-0.3, -0.25) is 4.79 Å². The standard InChI is InChI=1S/C19H19ClN6O2/c1-22-18(27)12-5-3-4-6-14(12)24-17-13(20)10-23-19(26-17)25-15-8-7-11(21)9-16(15)28-2/h3-10H,21H2,1-2H3,(H,22,27)(H2,23,24,25,26)/i1D. The molecule has 0 saturated heterocycles. The first kappa shape index (κ1) is 17.9. The first-order valence-corrected chi connectivity index (χ1v) is 8.56. The molecule has 3 rings (SSSR count). The van der Waals surface area contributed by atoms with E-state index in [1.54, 1.807) is 42.5 Å². The van der Waals surface area contributed by atoms with Crippen molar-refractivity contribution < 1.29 is 10.9 Å². The lowest BCUT2D eigenvalue weighted by Crippen LogP contribution is -2.19. The lowest BCUT2D eigenvalue weighted by Gasteiger charge is -2.14. The summed E-state index contributed by atoms with van der Waals surface area (Å²) < 4.78 is 12.5. The van der Waals surface area contributed by atoms with Crippen LogP contribution in [0.5, 0.6) is 5.75 Å². The fourth-order valence-corrected chi connectivity index (χ4v) is 2.60. The minimum Gasteiger partial charge on any atom is -0.494 e. The van der Waals surface area contributed by atoms with Crippen LogP contribution in [-0.2, 0) is 0 Å². The Balaban J connectivity index is 1.89. The predicted octanol–water partition coefficient (Wildman–Crippen LogP) is 3.57. The number of amides is 1. The molecule has 144 valence electrons. The van der Waals surface area contributed by atoms with Crippen LogP contribution >= 0.6 is 11.6 Å². The van der Waals surface area contributed by atoms with Crippen LogP contribution in [0.25, 0.3) is 0 Å². The van der Waals surface area contributed by atoms with E-state index in [2.05, 4.69) is 25.9 Å². The van der Waals surface area contributed by atoms with Crippen molar-refractivity contribution in [1.29, 1.82) is 0 Å². The predicted molar refractivity (Wildman–Crippen MR) is 111 cm³/mol. The van der Waals surface area contributed by atoms with Gasteiger partial charge in [0.15, 0.2) is 5.82 Å². The van der Waals surface area contributed by atoms with Crippen LogP contribution in [0, 0.1) is 0 Å². The molecule has 2 aromatic carbocycles. The minimum atomic E-state index is -0.377. The highest BCUT2D eigenvalue weighted by Crippen LogP contribution is 2.30. The molecule has 8 nitrogen and oxygen atoms in total. The summed E-state index contributed by atoms with van der Waals surface area (Å²) in [6.45, 7) is 0. The number of carbonyl (C=O) groups excluding carboxylic acids is 1. The fraction of sp³-hybridized carbons (Fsp3) is 0.105. The van der Waals surface area contributed by atoms with E-state index in [4.69, 9.17) is 23.4 Å². The summed E-state index contributed by atoms with van der Waals surface area (Å²) in [5.41, 5.74) is 7.83. The van der Waals surface area contributed by atoms with E-state index in [-0.39, 0.29) is 23.9 Å². The molecule has 0 bridgehead atoms. The zero-order valence-corrected chi connectivity index (χ0v) is 15.7. The molecular weight excluding hydrogens is 380 g/mol. The molecule has 9 heteroatoms. The first-order valence-electron chi connectivity index (χ1n) is 8.89. The molecule has 0 spiro atoms. The van der Waals surface area contributed by atoms with Crippen molar-refractivity contribution in [3.63, 3.8) is 0 Å². The van der Waals surface area contributed by atoms with E-state index in [9.17, 15) is 4.79 Å². The van der Waals surface area contributed by atoms with Crippen LogP contribution in [0.15, 0.2) is 48.7 Å². The molecule has 1 heterocycles. The van der Waals surface area contributed by atoms with Gasteiger partial charge in [0.25, 0.3) is 5.91 Å². The molecule has 0 saturated carbocycles. The molecule has 1 amide bonds. The normalized spacial score (nSPS) is 10.7. The van der Waals surface area contributed by atoms with Gasteiger partial charge in [-0.2, -0.15) is 4.98 Å². The number of nitrogens with one attached hydrogen (secondary N) is 3. The number of methoxy groups -OCH3 is 1. The molecule has 3 aromatic rings. The topological polar surface area (TPSA) is 114 Å². The first-order chi connectivity index (χ1) is 14.0. The summed E-state index contributed by atoms with van der Waals surface area (Å²) in [5.74, 6) is 0.742. The number of rotatable bonds is 6. The number of aromatic nitrogens is 2. The van der Waals surface area contributed by atoms with Crippen molar-refractivity contribution in [2.24, 2.45) is 0 Å². The van der Waals surface area contributed by atoms with Crippen molar-refractivity contribution in [2.75, 3.05) is 30.5 Å². The van der Waals surface area contributed by atoms with Crippen molar-refractivity contribution in [3.05, 3.63) is 59.2 Å². The molecule has 0 unspecified atom stereocenters. The highest BCUT2D eigenvalue weighted by Gasteiger charge is 2.13. The van der Waals surface area contributed by atoms with Crippen LogP contribution in [0.2, 0.25) is 5.02 Å². The Morgan fingerprint density at radius 3 is 2.82 bits per heavy atom. The van der Waals surface area contributed by atoms with Crippen LogP contribution in [0.3, 0.4) is 0 Å². The molecule has 0 aliphatic rings. The zero-order valence-electron chi connectivity index (χ0n) is 16.0. The summed E-state index contributed by atoms with van der Waals surface area (Å²) in [5, 5.41) is 8.83. The quantitative estimate of drug-likeness (QED) is 0.468. The van der Waals surface area contributed by atoms with Crippen molar-refractivity contribution in [3.8, 4) is 5.75 Å². The second kappa shape index (κ2) is 8.45. The third-order valence-corrected chi connectivity index (χ3v) is 4.08. The van der Waals surface area contributed by atoms with Gasteiger partial charge in [0.05, 0.1) is 30.2 Å². The van der Waals surface area contributed by atoms with Gasteiger partial charge in [-0.25, -0.2) is 4.98 Å².